The van der Waals surface area contributed by atoms with Gasteiger partial charge in [-0.15, -0.1) is 0 Å². The number of anilines is 2. The maximum atomic E-state index is 12.9. The Balaban J connectivity index is 2.31. The lowest BCUT2D eigenvalue weighted by Gasteiger charge is -2.23. The van der Waals surface area contributed by atoms with Crippen LogP contribution in [0.1, 0.15) is 11.1 Å². The Kier molecular flexibility index (Phi) is 6.06. The van der Waals surface area contributed by atoms with E-state index in [9.17, 15) is 26.4 Å². The van der Waals surface area contributed by atoms with Crippen molar-refractivity contribution in [2.45, 2.75) is 13.1 Å². The van der Waals surface area contributed by atoms with Crippen LogP contribution in [0.4, 0.5) is 24.5 Å². The molecule has 0 aliphatic carbocycles. The van der Waals surface area contributed by atoms with Gasteiger partial charge in [0.2, 0.25) is 15.9 Å². The number of hydrogen-bond donors (Lipinski definition) is 1. The Morgan fingerprint density at radius 1 is 1.19 bits per heavy atom. The smallest absolute Gasteiger partial charge is 0.324 e. The van der Waals surface area contributed by atoms with Gasteiger partial charge in [-0.05, 0) is 42.8 Å². The molecule has 0 heterocycles. The van der Waals surface area contributed by atoms with Crippen LogP contribution in [0, 0.1) is 6.92 Å². The largest absolute Gasteiger partial charge is 0.416 e. The molecule has 1 amide bonds. The fourth-order valence-electron chi connectivity index (χ4n) is 2.29. The molecule has 0 spiro atoms. The number of nitrogens with one attached hydrogen (secondary N) is 1. The highest BCUT2D eigenvalue weighted by molar-refractivity contribution is 7.92. The van der Waals surface area contributed by atoms with Crippen molar-refractivity contribution in [3.05, 3.63) is 58.6 Å². The number of sulfonamides is 1. The minimum atomic E-state index is -4.64. The van der Waals surface area contributed by atoms with E-state index in [-0.39, 0.29) is 5.69 Å². The van der Waals surface area contributed by atoms with Gasteiger partial charge in [0.05, 0.1) is 17.5 Å². The molecule has 0 saturated carbocycles. The molecule has 0 aliphatic rings. The maximum absolute atomic E-state index is 12.9. The summed E-state index contributed by atoms with van der Waals surface area (Å²) in [5.74, 6) is -0.719. The second-order valence-electron chi connectivity index (χ2n) is 5.83. The van der Waals surface area contributed by atoms with Crippen LogP contribution in [0.25, 0.3) is 0 Å². The molecule has 0 aromatic heterocycles. The summed E-state index contributed by atoms with van der Waals surface area (Å²) in [5.41, 5.74) is -0.201. The molecule has 146 valence electrons. The van der Waals surface area contributed by atoms with Gasteiger partial charge in [-0.25, -0.2) is 8.42 Å². The van der Waals surface area contributed by atoms with Crippen molar-refractivity contribution in [1.82, 2.24) is 0 Å². The predicted octanol–water partition coefficient (Wildman–Crippen LogP) is 4.07. The first kappa shape index (κ1) is 21.0. The summed E-state index contributed by atoms with van der Waals surface area (Å²) < 4.78 is 63.4. The number of hydrogen-bond acceptors (Lipinski definition) is 3. The first-order valence-corrected chi connectivity index (χ1v) is 9.81. The summed E-state index contributed by atoms with van der Waals surface area (Å²) in [7, 11) is -4.01. The zero-order valence-electron chi connectivity index (χ0n) is 14.3. The summed E-state index contributed by atoms with van der Waals surface area (Å²) in [6.45, 7) is 1.03. The second kappa shape index (κ2) is 7.77. The van der Waals surface area contributed by atoms with E-state index in [2.05, 4.69) is 5.32 Å². The molecular weight excluding hydrogens is 405 g/mol. The summed E-state index contributed by atoms with van der Waals surface area (Å²) >= 11 is 5.87. The number of aryl methyl sites for hydroxylation is 1. The second-order valence-corrected chi connectivity index (χ2v) is 8.17. The Bertz CT molecular complexity index is 962. The number of halogens is 4. The fourth-order valence-corrected chi connectivity index (χ4v) is 3.31. The van der Waals surface area contributed by atoms with E-state index in [0.29, 0.717) is 26.6 Å². The Labute approximate surface area is 159 Å². The van der Waals surface area contributed by atoms with Gasteiger partial charge in [0, 0.05) is 10.7 Å². The average Bonchev–Trinajstić information content (AvgIpc) is 2.54. The quantitative estimate of drug-likeness (QED) is 0.792. The number of carbonyl (C=O) groups excluding carboxylic acids is 1. The van der Waals surface area contributed by atoms with E-state index in [0.717, 1.165) is 18.4 Å². The van der Waals surface area contributed by atoms with Crippen LogP contribution < -0.4 is 9.62 Å². The van der Waals surface area contributed by atoms with Crippen LogP contribution in [0.15, 0.2) is 42.5 Å². The van der Waals surface area contributed by atoms with Crippen molar-refractivity contribution in [3.63, 3.8) is 0 Å². The number of rotatable bonds is 5. The highest BCUT2D eigenvalue weighted by Gasteiger charge is 2.32. The minimum Gasteiger partial charge on any atom is -0.324 e. The van der Waals surface area contributed by atoms with Gasteiger partial charge in [0.15, 0.2) is 0 Å². The third-order valence-electron chi connectivity index (χ3n) is 3.62. The van der Waals surface area contributed by atoms with Crippen LogP contribution in [-0.4, -0.2) is 27.1 Å². The van der Waals surface area contributed by atoms with Gasteiger partial charge >= 0.3 is 6.18 Å². The number of benzene rings is 2. The van der Waals surface area contributed by atoms with Crippen molar-refractivity contribution in [2.24, 2.45) is 0 Å². The standard InChI is InChI=1S/C17H16ClF3N2O3S/c1-11-6-7-13(18)9-15(11)22-16(24)10-23(27(2,25)26)14-5-3-4-12(8-14)17(19,20)21/h3-9H,10H2,1-2H3,(H,22,24). The minimum absolute atomic E-state index is 0.259. The van der Waals surface area contributed by atoms with Gasteiger partial charge in [-0.2, -0.15) is 13.2 Å². The zero-order chi connectivity index (χ0) is 20.4. The van der Waals surface area contributed by atoms with Gasteiger partial charge in [-0.3, -0.25) is 9.10 Å². The lowest BCUT2D eigenvalue weighted by atomic mass is 10.2. The van der Waals surface area contributed by atoms with E-state index in [1.54, 1.807) is 19.1 Å². The summed E-state index contributed by atoms with van der Waals surface area (Å²) in [5, 5.41) is 2.89. The molecule has 2 aromatic rings. The Hall–Kier alpha value is -2.26. The normalized spacial score (nSPS) is 11.9. The Morgan fingerprint density at radius 3 is 2.44 bits per heavy atom. The van der Waals surface area contributed by atoms with Crippen molar-refractivity contribution in [3.8, 4) is 0 Å². The van der Waals surface area contributed by atoms with E-state index in [1.165, 1.54) is 12.1 Å². The SMILES string of the molecule is Cc1ccc(Cl)cc1NC(=O)CN(c1cccc(C(F)(F)F)c1)S(C)(=O)=O. The molecular formula is C17H16ClF3N2O3S. The van der Waals surface area contributed by atoms with Crippen LogP contribution in [-0.2, 0) is 21.0 Å². The molecule has 0 saturated heterocycles. The van der Waals surface area contributed by atoms with E-state index < -0.39 is 34.2 Å². The van der Waals surface area contributed by atoms with Gasteiger partial charge in [0.1, 0.15) is 6.54 Å². The highest BCUT2D eigenvalue weighted by Crippen LogP contribution is 2.32. The van der Waals surface area contributed by atoms with Crippen molar-refractivity contribution < 1.29 is 26.4 Å². The summed E-state index contributed by atoms with van der Waals surface area (Å²) in [6, 6.07) is 8.54. The molecule has 1 N–H and O–H groups in total. The van der Waals surface area contributed by atoms with Crippen molar-refractivity contribution >= 4 is 38.9 Å². The van der Waals surface area contributed by atoms with Gasteiger partial charge in [0.25, 0.3) is 0 Å². The summed E-state index contributed by atoms with van der Waals surface area (Å²) in [4.78, 5) is 12.3. The molecule has 5 nitrogen and oxygen atoms in total. The number of carbonyl (C=O) groups is 1. The average molecular weight is 421 g/mol. The molecule has 0 fully saturated rings. The lowest BCUT2D eigenvalue weighted by molar-refractivity contribution is -0.137. The topological polar surface area (TPSA) is 66.5 Å². The molecule has 2 rings (SSSR count). The van der Waals surface area contributed by atoms with Gasteiger partial charge < -0.3 is 5.32 Å². The molecule has 10 heteroatoms. The molecule has 0 unspecified atom stereocenters. The molecule has 0 aliphatic heterocycles. The van der Waals surface area contributed by atoms with E-state index in [1.807, 2.05) is 0 Å². The first-order chi connectivity index (χ1) is 12.4. The highest BCUT2D eigenvalue weighted by atomic mass is 35.5. The van der Waals surface area contributed by atoms with E-state index >= 15 is 0 Å². The van der Waals surface area contributed by atoms with Crippen LogP contribution in [0.5, 0.6) is 0 Å². The van der Waals surface area contributed by atoms with Crippen LogP contribution >= 0.6 is 11.6 Å². The lowest BCUT2D eigenvalue weighted by Crippen LogP contribution is -2.37. The Morgan fingerprint density at radius 2 is 1.85 bits per heavy atom. The number of nitrogens with zero attached hydrogens (tertiary/aromatic N) is 1. The van der Waals surface area contributed by atoms with Crippen molar-refractivity contribution in [2.75, 3.05) is 22.4 Å². The van der Waals surface area contributed by atoms with Crippen LogP contribution in [0.3, 0.4) is 0 Å². The third kappa shape index (κ3) is 5.61. The van der Waals surface area contributed by atoms with Crippen LogP contribution in [0.2, 0.25) is 5.02 Å². The molecule has 27 heavy (non-hydrogen) atoms. The molecule has 0 radical (unpaired) electrons. The zero-order valence-corrected chi connectivity index (χ0v) is 15.9. The van der Waals surface area contributed by atoms with Crippen molar-refractivity contribution in [1.29, 1.82) is 0 Å². The summed E-state index contributed by atoms with van der Waals surface area (Å²) in [6.07, 6.45) is -3.83. The molecule has 0 bridgehead atoms. The van der Waals surface area contributed by atoms with E-state index in [4.69, 9.17) is 11.6 Å². The number of alkyl halides is 3. The fraction of sp³-hybridized carbons (Fsp3) is 0.235. The maximum Gasteiger partial charge on any atom is 0.416 e. The monoisotopic (exact) mass is 420 g/mol. The molecule has 0 atom stereocenters. The third-order valence-corrected chi connectivity index (χ3v) is 5.00. The number of amides is 1. The van der Waals surface area contributed by atoms with Gasteiger partial charge in [-0.1, -0.05) is 23.7 Å². The first-order valence-electron chi connectivity index (χ1n) is 7.59. The molecule has 2 aromatic carbocycles. The predicted molar refractivity (Wildman–Crippen MR) is 98.5 cm³/mol.